The van der Waals surface area contributed by atoms with Crippen molar-refractivity contribution in [3.05, 3.63) is 15.9 Å². The molecule has 0 aliphatic carbocycles. The van der Waals surface area contributed by atoms with E-state index in [1.54, 1.807) is 0 Å². The largest absolute Gasteiger partial charge is 0.298 e. The maximum absolute atomic E-state index is 4.65. The second kappa shape index (κ2) is 8.33. The van der Waals surface area contributed by atoms with E-state index in [4.69, 9.17) is 0 Å². The summed E-state index contributed by atoms with van der Waals surface area (Å²) in [6.45, 7) is 10.6. The summed E-state index contributed by atoms with van der Waals surface area (Å²) in [6, 6.07) is 0. The minimum Gasteiger partial charge on any atom is -0.298 e. The molecule has 0 saturated carbocycles. The van der Waals surface area contributed by atoms with E-state index in [9.17, 15) is 0 Å². The molecule has 0 saturated heterocycles. The Kier molecular flexibility index (Phi) is 7.49. The Bertz CT molecular complexity index is 363. The van der Waals surface area contributed by atoms with E-state index in [1.807, 2.05) is 0 Å². The summed E-state index contributed by atoms with van der Waals surface area (Å²) in [5.41, 5.74) is 2.48. The summed E-state index contributed by atoms with van der Waals surface area (Å²) in [5, 5.41) is 5.72. The highest BCUT2D eigenvalue weighted by Crippen LogP contribution is 2.23. The molecule has 0 spiro atoms. The maximum atomic E-state index is 4.65. The van der Waals surface area contributed by atoms with E-state index in [-0.39, 0.29) is 0 Å². The van der Waals surface area contributed by atoms with E-state index in [0.29, 0.717) is 0 Å². The lowest BCUT2D eigenvalue weighted by molar-refractivity contribution is 0.272. The third kappa shape index (κ3) is 4.07. The van der Waals surface area contributed by atoms with E-state index in [0.717, 1.165) is 37.9 Å². The summed E-state index contributed by atoms with van der Waals surface area (Å²) >= 11 is 7.21. The number of hydrogen-bond acceptors (Lipinski definition) is 2. The van der Waals surface area contributed by atoms with Gasteiger partial charge in [0.15, 0.2) is 0 Å². The standard InChI is InChI=1S/C13H23Br2N3/c1-4-11-13(15)12(18(6-3)16-11)10-17(5-2)9-7-8-14/h4-10H2,1-3H3. The fourth-order valence-electron chi connectivity index (χ4n) is 2.01. The molecule has 0 fully saturated rings. The van der Waals surface area contributed by atoms with E-state index in [2.05, 4.69) is 67.3 Å². The van der Waals surface area contributed by atoms with Crippen LogP contribution in [0.5, 0.6) is 0 Å². The molecule has 0 unspecified atom stereocenters. The zero-order chi connectivity index (χ0) is 13.5. The highest BCUT2D eigenvalue weighted by atomic mass is 79.9. The number of alkyl halides is 1. The van der Waals surface area contributed by atoms with Crippen LogP contribution in [0.4, 0.5) is 0 Å². The van der Waals surface area contributed by atoms with Crippen molar-refractivity contribution in [2.45, 2.75) is 46.7 Å². The van der Waals surface area contributed by atoms with Gasteiger partial charge in [0.25, 0.3) is 0 Å². The van der Waals surface area contributed by atoms with Crippen LogP contribution in [0.3, 0.4) is 0 Å². The average Bonchev–Trinajstić information content (AvgIpc) is 2.70. The average molecular weight is 381 g/mol. The lowest BCUT2D eigenvalue weighted by Gasteiger charge is -2.20. The van der Waals surface area contributed by atoms with Crippen molar-refractivity contribution in [2.24, 2.45) is 0 Å². The number of halogens is 2. The zero-order valence-electron chi connectivity index (χ0n) is 11.5. The van der Waals surface area contributed by atoms with Crippen molar-refractivity contribution in [3.8, 4) is 0 Å². The number of hydrogen-bond donors (Lipinski definition) is 0. The summed E-state index contributed by atoms with van der Waals surface area (Å²) in [5.74, 6) is 0. The summed E-state index contributed by atoms with van der Waals surface area (Å²) in [6.07, 6.45) is 2.17. The van der Waals surface area contributed by atoms with Gasteiger partial charge in [-0.25, -0.2) is 0 Å². The minimum absolute atomic E-state index is 0.934. The Morgan fingerprint density at radius 3 is 2.50 bits per heavy atom. The Morgan fingerprint density at radius 2 is 2.00 bits per heavy atom. The first kappa shape index (κ1) is 16.2. The molecule has 0 atom stereocenters. The molecule has 0 aliphatic heterocycles. The minimum atomic E-state index is 0.934. The number of aromatic nitrogens is 2. The Hall–Kier alpha value is 0.130. The van der Waals surface area contributed by atoms with Gasteiger partial charge in [0.1, 0.15) is 0 Å². The van der Waals surface area contributed by atoms with Crippen LogP contribution in [0.25, 0.3) is 0 Å². The van der Waals surface area contributed by atoms with Gasteiger partial charge < -0.3 is 0 Å². The second-order valence-corrected chi connectivity index (χ2v) is 5.87. The van der Waals surface area contributed by atoms with E-state index >= 15 is 0 Å². The number of aryl methyl sites for hydroxylation is 2. The molecule has 0 radical (unpaired) electrons. The lowest BCUT2D eigenvalue weighted by atomic mass is 10.3. The van der Waals surface area contributed by atoms with E-state index in [1.165, 1.54) is 22.3 Å². The SMILES string of the molecule is CCc1nn(CC)c(CN(CC)CCCBr)c1Br. The van der Waals surface area contributed by atoms with Crippen LogP contribution >= 0.6 is 31.9 Å². The molecule has 104 valence electrons. The van der Waals surface area contributed by atoms with Gasteiger partial charge in [-0.3, -0.25) is 9.58 Å². The predicted octanol–water partition coefficient (Wildman–Crippen LogP) is 3.83. The second-order valence-electron chi connectivity index (χ2n) is 4.29. The van der Waals surface area contributed by atoms with Crippen LogP contribution in [0.1, 0.15) is 38.6 Å². The smallest absolute Gasteiger partial charge is 0.0767 e. The molecule has 1 aromatic heterocycles. The zero-order valence-corrected chi connectivity index (χ0v) is 14.7. The van der Waals surface area contributed by atoms with Crippen LogP contribution in [-0.2, 0) is 19.5 Å². The highest BCUT2D eigenvalue weighted by Gasteiger charge is 2.16. The van der Waals surface area contributed by atoms with Crippen molar-refractivity contribution < 1.29 is 0 Å². The van der Waals surface area contributed by atoms with Crippen LogP contribution in [-0.4, -0.2) is 33.1 Å². The van der Waals surface area contributed by atoms with Gasteiger partial charge in [-0.2, -0.15) is 5.10 Å². The van der Waals surface area contributed by atoms with Crippen molar-refractivity contribution in [1.29, 1.82) is 0 Å². The first-order valence-corrected chi connectivity index (χ1v) is 8.61. The fourth-order valence-corrected chi connectivity index (χ4v) is 2.95. The van der Waals surface area contributed by atoms with Gasteiger partial charge in [0, 0.05) is 18.4 Å². The van der Waals surface area contributed by atoms with Crippen LogP contribution in [0, 0.1) is 0 Å². The van der Waals surface area contributed by atoms with Gasteiger partial charge in [-0.05, 0) is 48.8 Å². The molecule has 1 rings (SSSR count). The third-order valence-electron chi connectivity index (χ3n) is 3.12. The number of rotatable bonds is 8. The fraction of sp³-hybridized carbons (Fsp3) is 0.769. The van der Waals surface area contributed by atoms with Gasteiger partial charge in [0.05, 0.1) is 15.9 Å². The molecule has 0 aromatic carbocycles. The molecule has 1 heterocycles. The van der Waals surface area contributed by atoms with Crippen LogP contribution < -0.4 is 0 Å². The normalized spacial score (nSPS) is 11.4. The van der Waals surface area contributed by atoms with Gasteiger partial charge in [0.2, 0.25) is 0 Å². The monoisotopic (exact) mass is 379 g/mol. The van der Waals surface area contributed by atoms with Crippen molar-refractivity contribution >= 4 is 31.9 Å². The van der Waals surface area contributed by atoms with Gasteiger partial charge >= 0.3 is 0 Å². The molecule has 5 heteroatoms. The maximum Gasteiger partial charge on any atom is 0.0767 e. The lowest BCUT2D eigenvalue weighted by Crippen LogP contribution is -2.26. The predicted molar refractivity (Wildman–Crippen MR) is 84.3 cm³/mol. The first-order valence-electron chi connectivity index (χ1n) is 6.70. The molecule has 0 amide bonds. The quantitative estimate of drug-likeness (QED) is 0.639. The topological polar surface area (TPSA) is 21.1 Å². The summed E-state index contributed by atoms with van der Waals surface area (Å²) in [7, 11) is 0. The molecule has 3 nitrogen and oxygen atoms in total. The molecular weight excluding hydrogens is 358 g/mol. The van der Waals surface area contributed by atoms with Crippen molar-refractivity contribution in [2.75, 3.05) is 18.4 Å². The Balaban J connectivity index is 2.83. The molecular formula is C13H23Br2N3. The molecule has 18 heavy (non-hydrogen) atoms. The van der Waals surface area contributed by atoms with Gasteiger partial charge in [-0.1, -0.05) is 29.8 Å². The summed E-state index contributed by atoms with van der Waals surface area (Å²) in [4.78, 5) is 2.47. The first-order chi connectivity index (χ1) is 8.67. The van der Waals surface area contributed by atoms with Crippen molar-refractivity contribution in [1.82, 2.24) is 14.7 Å². The summed E-state index contributed by atoms with van der Waals surface area (Å²) < 4.78 is 3.32. The third-order valence-corrected chi connectivity index (χ3v) is 4.60. The van der Waals surface area contributed by atoms with Gasteiger partial charge in [-0.15, -0.1) is 0 Å². The Morgan fingerprint density at radius 1 is 1.28 bits per heavy atom. The van der Waals surface area contributed by atoms with Crippen molar-refractivity contribution in [3.63, 3.8) is 0 Å². The molecule has 0 N–H and O–H groups in total. The molecule has 1 aromatic rings. The van der Waals surface area contributed by atoms with E-state index < -0.39 is 0 Å². The Labute approximate surface area is 127 Å². The van der Waals surface area contributed by atoms with Crippen LogP contribution in [0.15, 0.2) is 4.47 Å². The molecule has 0 bridgehead atoms. The highest BCUT2D eigenvalue weighted by molar-refractivity contribution is 9.10. The van der Waals surface area contributed by atoms with Crippen LogP contribution in [0.2, 0.25) is 0 Å². The number of nitrogens with zero attached hydrogens (tertiary/aromatic N) is 3. The molecule has 0 aliphatic rings.